The van der Waals surface area contributed by atoms with Gasteiger partial charge in [0.1, 0.15) is 18.7 Å². The van der Waals surface area contributed by atoms with Crippen LogP contribution in [0.1, 0.15) is 38.3 Å². The Labute approximate surface area is 119 Å². The summed E-state index contributed by atoms with van der Waals surface area (Å²) in [6, 6.07) is 7.42. The van der Waals surface area contributed by atoms with Gasteiger partial charge in [-0.05, 0) is 30.5 Å². The molecular formula is C15H21N3O2. The van der Waals surface area contributed by atoms with Crippen LogP contribution < -0.4 is 4.74 Å². The molecule has 0 radical (unpaired) electrons. The summed E-state index contributed by atoms with van der Waals surface area (Å²) in [4.78, 5) is 4.22. The van der Waals surface area contributed by atoms with Crippen LogP contribution in [-0.4, -0.2) is 19.9 Å². The lowest BCUT2D eigenvalue weighted by Crippen LogP contribution is -2.12. The number of rotatable bonds is 6. The number of aliphatic hydroxyl groups is 1. The molecule has 1 N–H and O–H groups in total. The van der Waals surface area contributed by atoms with Crippen LogP contribution >= 0.6 is 0 Å². The van der Waals surface area contributed by atoms with Gasteiger partial charge in [0.25, 0.3) is 0 Å². The van der Waals surface area contributed by atoms with E-state index in [1.165, 1.54) is 0 Å². The van der Waals surface area contributed by atoms with Crippen molar-refractivity contribution in [3.05, 3.63) is 42.0 Å². The first-order valence-corrected chi connectivity index (χ1v) is 6.83. The number of aromatic nitrogens is 3. The molecule has 20 heavy (non-hydrogen) atoms. The summed E-state index contributed by atoms with van der Waals surface area (Å²) >= 11 is 0. The summed E-state index contributed by atoms with van der Waals surface area (Å²) in [5, 5.41) is 13.7. The zero-order valence-electron chi connectivity index (χ0n) is 12.2. The van der Waals surface area contributed by atoms with Gasteiger partial charge in [0, 0.05) is 6.54 Å². The Kier molecular flexibility index (Phi) is 4.74. The third-order valence-corrected chi connectivity index (χ3v) is 2.96. The van der Waals surface area contributed by atoms with E-state index in [4.69, 9.17) is 4.74 Å². The molecule has 0 spiro atoms. The van der Waals surface area contributed by atoms with E-state index in [9.17, 15) is 5.11 Å². The Morgan fingerprint density at radius 3 is 2.50 bits per heavy atom. The topological polar surface area (TPSA) is 60.2 Å². The fraction of sp³-hybridized carbons (Fsp3) is 0.467. The first-order chi connectivity index (χ1) is 9.56. The highest BCUT2D eigenvalue weighted by atomic mass is 16.5. The number of benzene rings is 1. The normalized spacial score (nSPS) is 12.7. The van der Waals surface area contributed by atoms with E-state index >= 15 is 0 Å². The van der Waals surface area contributed by atoms with Gasteiger partial charge >= 0.3 is 0 Å². The van der Waals surface area contributed by atoms with Crippen molar-refractivity contribution < 1.29 is 9.84 Å². The number of ether oxygens (including phenoxy) is 1. The van der Waals surface area contributed by atoms with Crippen molar-refractivity contribution in [3.8, 4) is 5.75 Å². The summed E-state index contributed by atoms with van der Waals surface area (Å²) in [7, 11) is 0. The lowest BCUT2D eigenvalue weighted by molar-refractivity contribution is 0.199. The van der Waals surface area contributed by atoms with Gasteiger partial charge in [-0.3, -0.25) is 0 Å². The van der Waals surface area contributed by atoms with E-state index in [2.05, 4.69) is 23.9 Å². The maximum absolute atomic E-state index is 9.45. The van der Waals surface area contributed by atoms with Crippen molar-refractivity contribution in [3.63, 3.8) is 0 Å². The average Bonchev–Trinajstić information content (AvgIpc) is 2.83. The molecule has 0 bridgehead atoms. The van der Waals surface area contributed by atoms with Crippen LogP contribution in [0.3, 0.4) is 0 Å². The van der Waals surface area contributed by atoms with Crippen LogP contribution in [0.25, 0.3) is 0 Å². The maximum Gasteiger partial charge on any atom is 0.164 e. The molecule has 2 aromatic rings. The van der Waals surface area contributed by atoms with E-state index in [0.29, 0.717) is 12.5 Å². The predicted octanol–water partition coefficient (Wildman–Crippen LogP) is 2.57. The SMILES string of the molecule is CC(C)Cn1ncnc1COc1ccc([C@@H](C)O)cc1. The van der Waals surface area contributed by atoms with Crippen LogP contribution in [0.15, 0.2) is 30.6 Å². The third-order valence-electron chi connectivity index (χ3n) is 2.96. The van der Waals surface area contributed by atoms with E-state index in [-0.39, 0.29) is 0 Å². The third kappa shape index (κ3) is 3.81. The molecule has 108 valence electrons. The Balaban J connectivity index is 1.96. The van der Waals surface area contributed by atoms with Gasteiger partial charge in [0.05, 0.1) is 6.10 Å². The standard InChI is InChI=1S/C15H21N3O2/c1-11(2)8-18-15(16-10-17-18)9-20-14-6-4-13(5-7-14)12(3)19/h4-7,10-12,19H,8-9H2,1-3H3/t12-/m1/s1. The molecule has 1 heterocycles. The van der Waals surface area contributed by atoms with Gasteiger partial charge < -0.3 is 9.84 Å². The summed E-state index contributed by atoms with van der Waals surface area (Å²) in [6.07, 6.45) is 1.09. The van der Waals surface area contributed by atoms with Gasteiger partial charge in [-0.15, -0.1) is 0 Å². The van der Waals surface area contributed by atoms with Gasteiger partial charge in [0.15, 0.2) is 5.82 Å². The fourth-order valence-corrected chi connectivity index (χ4v) is 1.89. The van der Waals surface area contributed by atoms with Gasteiger partial charge in [-0.1, -0.05) is 26.0 Å². The van der Waals surface area contributed by atoms with E-state index < -0.39 is 6.10 Å². The first-order valence-electron chi connectivity index (χ1n) is 6.83. The van der Waals surface area contributed by atoms with E-state index in [1.807, 2.05) is 28.9 Å². The zero-order valence-corrected chi connectivity index (χ0v) is 12.2. The molecule has 1 atom stereocenters. The maximum atomic E-state index is 9.45. The van der Waals surface area contributed by atoms with Crippen molar-refractivity contribution in [2.24, 2.45) is 5.92 Å². The molecule has 0 amide bonds. The fourth-order valence-electron chi connectivity index (χ4n) is 1.89. The highest BCUT2D eigenvalue weighted by Gasteiger charge is 2.07. The molecule has 1 aromatic heterocycles. The summed E-state index contributed by atoms with van der Waals surface area (Å²) < 4.78 is 7.57. The minimum Gasteiger partial charge on any atom is -0.486 e. The minimum atomic E-state index is -0.460. The Morgan fingerprint density at radius 2 is 1.90 bits per heavy atom. The second-order valence-electron chi connectivity index (χ2n) is 5.29. The molecular weight excluding hydrogens is 254 g/mol. The molecule has 0 unspecified atom stereocenters. The molecule has 0 fully saturated rings. The van der Waals surface area contributed by atoms with Gasteiger partial charge in [0.2, 0.25) is 0 Å². The highest BCUT2D eigenvalue weighted by Crippen LogP contribution is 2.18. The van der Waals surface area contributed by atoms with Crippen LogP contribution in [-0.2, 0) is 13.2 Å². The number of nitrogens with zero attached hydrogens (tertiary/aromatic N) is 3. The average molecular weight is 275 g/mol. The molecule has 0 aliphatic rings. The van der Waals surface area contributed by atoms with Gasteiger partial charge in [-0.25, -0.2) is 9.67 Å². The molecule has 5 heteroatoms. The van der Waals surface area contributed by atoms with Gasteiger partial charge in [-0.2, -0.15) is 5.10 Å². The lowest BCUT2D eigenvalue weighted by atomic mass is 10.1. The summed E-state index contributed by atoms with van der Waals surface area (Å²) in [5.74, 6) is 2.09. The zero-order chi connectivity index (χ0) is 14.5. The van der Waals surface area contributed by atoms with Crippen LogP contribution in [0, 0.1) is 5.92 Å². The largest absolute Gasteiger partial charge is 0.486 e. The quantitative estimate of drug-likeness (QED) is 0.880. The molecule has 0 aliphatic heterocycles. The predicted molar refractivity (Wildman–Crippen MR) is 76.3 cm³/mol. The summed E-state index contributed by atoms with van der Waals surface area (Å²) in [6.45, 7) is 7.24. The van der Waals surface area contributed by atoms with Crippen molar-refractivity contribution in [1.82, 2.24) is 14.8 Å². The summed E-state index contributed by atoms with van der Waals surface area (Å²) in [5.41, 5.74) is 0.875. The Bertz CT molecular complexity index is 532. The number of aliphatic hydroxyl groups excluding tert-OH is 1. The van der Waals surface area contributed by atoms with Crippen molar-refractivity contribution >= 4 is 0 Å². The molecule has 2 rings (SSSR count). The molecule has 0 saturated carbocycles. The van der Waals surface area contributed by atoms with Crippen LogP contribution in [0.4, 0.5) is 0 Å². The van der Waals surface area contributed by atoms with Crippen LogP contribution in [0.5, 0.6) is 5.75 Å². The monoisotopic (exact) mass is 275 g/mol. The molecule has 0 aliphatic carbocycles. The number of hydrogen-bond acceptors (Lipinski definition) is 4. The highest BCUT2D eigenvalue weighted by molar-refractivity contribution is 5.28. The lowest BCUT2D eigenvalue weighted by Gasteiger charge is -2.10. The minimum absolute atomic E-state index is 0.390. The second-order valence-corrected chi connectivity index (χ2v) is 5.29. The van der Waals surface area contributed by atoms with Crippen LogP contribution in [0.2, 0.25) is 0 Å². The molecule has 1 aromatic carbocycles. The molecule has 5 nitrogen and oxygen atoms in total. The van der Waals surface area contributed by atoms with Crippen molar-refractivity contribution in [1.29, 1.82) is 0 Å². The molecule has 0 saturated heterocycles. The van der Waals surface area contributed by atoms with Crippen molar-refractivity contribution in [2.75, 3.05) is 0 Å². The second kappa shape index (κ2) is 6.52. The van der Waals surface area contributed by atoms with E-state index in [0.717, 1.165) is 23.7 Å². The first kappa shape index (κ1) is 14.5. The Hall–Kier alpha value is -1.88. The number of hydrogen-bond donors (Lipinski definition) is 1. The van der Waals surface area contributed by atoms with E-state index in [1.54, 1.807) is 13.3 Å². The smallest absolute Gasteiger partial charge is 0.164 e. The van der Waals surface area contributed by atoms with Crippen molar-refractivity contribution in [2.45, 2.75) is 40.0 Å². The Morgan fingerprint density at radius 1 is 1.20 bits per heavy atom.